The van der Waals surface area contributed by atoms with Crippen molar-refractivity contribution in [2.24, 2.45) is 0 Å². The number of amides is 1. The van der Waals surface area contributed by atoms with Crippen LogP contribution in [-0.4, -0.2) is 32.9 Å². The predicted octanol–water partition coefficient (Wildman–Crippen LogP) is 2.82. The molecule has 1 N–H and O–H groups in total. The van der Waals surface area contributed by atoms with Crippen molar-refractivity contribution in [3.63, 3.8) is 0 Å². The van der Waals surface area contributed by atoms with E-state index in [2.05, 4.69) is 20.5 Å². The second-order valence-electron chi connectivity index (χ2n) is 4.13. The standard InChI is InChI=1S/C11H14N4O2S3/c1-6(2)17-10-14-15-11(20-10)19-5-8(16)13-9-12-7(3)4-18-9/h4,6H,5H2,1-3H3,(H,12,13,16). The van der Waals surface area contributed by atoms with Crippen LogP contribution >= 0.6 is 34.4 Å². The van der Waals surface area contributed by atoms with Gasteiger partial charge in [-0.15, -0.1) is 16.4 Å². The molecule has 0 unspecified atom stereocenters. The highest BCUT2D eigenvalue weighted by atomic mass is 32.2. The fourth-order valence-corrected chi connectivity index (χ4v) is 3.51. The van der Waals surface area contributed by atoms with Crippen molar-refractivity contribution in [2.45, 2.75) is 31.2 Å². The Bertz CT molecular complexity index is 582. The van der Waals surface area contributed by atoms with Crippen molar-refractivity contribution in [1.29, 1.82) is 0 Å². The molecule has 0 fully saturated rings. The van der Waals surface area contributed by atoms with Gasteiger partial charge in [0.05, 0.1) is 17.6 Å². The number of carbonyl (C=O) groups is 1. The van der Waals surface area contributed by atoms with Crippen LogP contribution < -0.4 is 10.1 Å². The van der Waals surface area contributed by atoms with Crippen molar-refractivity contribution < 1.29 is 9.53 Å². The van der Waals surface area contributed by atoms with Gasteiger partial charge >= 0.3 is 0 Å². The first kappa shape index (κ1) is 15.2. The molecule has 2 rings (SSSR count). The van der Waals surface area contributed by atoms with Gasteiger partial charge in [0.15, 0.2) is 9.47 Å². The molecule has 0 bridgehead atoms. The number of rotatable bonds is 6. The lowest BCUT2D eigenvalue weighted by Gasteiger charge is -2.02. The summed E-state index contributed by atoms with van der Waals surface area (Å²) in [4.78, 5) is 15.9. The van der Waals surface area contributed by atoms with Crippen LogP contribution in [-0.2, 0) is 4.79 Å². The number of aryl methyl sites for hydroxylation is 1. The van der Waals surface area contributed by atoms with E-state index in [1.165, 1.54) is 34.4 Å². The molecule has 0 aromatic carbocycles. The third-order valence-corrected chi connectivity index (χ3v) is 4.74. The maximum Gasteiger partial charge on any atom is 0.295 e. The molecule has 1 amide bonds. The van der Waals surface area contributed by atoms with Crippen LogP contribution in [0, 0.1) is 6.92 Å². The average Bonchev–Trinajstić information content (AvgIpc) is 2.96. The normalized spacial score (nSPS) is 10.8. The quantitative estimate of drug-likeness (QED) is 0.821. The summed E-state index contributed by atoms with van der Waals surface area (Å²) in [7, 11) is 0. The molecule has 0 aliphatic heterocycles. The first-order chi connectivity index (χ1) is 9.52. The number of thiazole rings is 1. The predicted molar refractivity (Wildman–Crippen MR) is 81.9 cm³/mol. The SMILES string of the molecule is Cc1csc(NC(=O)CSc2nnc(OC(C)C)s2)n1. The van der Waals surface area contributed by atoms with E-state index in [0.29, 0.717) is 14.7 Å². The van der Waals surface area contributed by atoms with Gasteiger partial charge in [0.2, 0.25) is 5.91 Å². The van der Waals surface area contributed by atoms with Crippen LogP contribution in [0.3, 0.4) is 0 Å². The lowest BCUT2D eigenvalue weighted by molar-refractivity contribution is -0.113. The Morgan fingerprint density at radius 3 is 2.95 bits per heavy atom. The Morgan fingerprint density at radius 1 is 1.50 bits per heavy atom. The molecule has 9 heteroatoms. The first-order valence-corrected chi connectivity index (χ1v) is 8.56. The summed E-state index contributed by atoms with van der Waals surface area (Å²) in [6, 6.07) is 0. The van der Waals surface area contributed by atoms with Gasteiger partial charge in [-0.2, -0.15) is 0 Å². The van der Waals surface area contributed by atoms with Crippen molar-refractivity contribution in [1.82, 2.24) is 15.2 Å². The van der Waals surface area contributed by atoms with E-state index in [-0.39, 0.29) is 17.8 Å². The molecule has 0 saturated heterocycles. The molecular formula is C11H14N4O2S3. The number of thioether (sulfide) groups is 1. The van der Waals surface area contributed by atoms with E-state index < -0.39 is 0 Å². The molecule has 0 spiro atoms. The molecule has 6 nitrogen and oxygen atoms in total. The van der Waals surface area contributed by atoms with E-state index in [4.69, 9.17) is 4.74 Å². The highest BCUT2D eigenvalue weighted by molar-refractivity contribution is 8.01. The summed E-state index contributed by atoms with van der Waals surface area (Å²) >= 11 is 4.08. The minimum atomic E-state index is -0.106. The van der Waals surface area contributed by atoms with Crippen molar-refractivity contribution in [2.75, 3.05) is 11.1 Å². The third kappa shape index (κ3) is 4.73. The van der Waals surface area contributed by atoms with Gasteiger partial charge in [-0.05, 0) is 32.1 Å². The first-order valence-electron chi connectivity index (χ1n) is 5.88. The van der Waals surface area contributed by atoms with Crippen LogP contribution in [0.4, 0.5) is 5.13 Å². The van der Waals surface area contributed by atoms with Crippen LogP contribution in [0.15, 0.2) is 9.72 Å². The largest absolute Gasteiger partial charge is 0.466 e. The minimum Gasteiger partial charge on any atom is -0.466 e. The van der Waals surface area contributed by atoms with E-state index in [9.17, 15) is 4.79 Å². The highest BCUT2D eigenvalue weighted by Crippen LogP contribution is 2.27. The molecular weight excluding hydrogens is 316 g/mol. The smallest absolute Gasteiger partial charge is 0.295 e. The van der Waals surface area contributed by atoms with Gasteiger partial charge in [-0.3, -0.25) is 4.79 Å². The zero-order valence-corrected chi connectivity index (χ0v) is 13.7. The molecule has 0 atom stereocenters. The van der Waals surface area contributed by atoms with Gasteiger partial charge in [0.25, 0.3) is 5.19 Å². The summed E-state index contributed by atoms with van der Waals surface area (Å²) in [6.07, 6.45) is 0.0669. The number of ether oxygens (including phenoxy) is 1. The zero-order chi connectivity index (χ0) is 14.5. The maximum atomic E-state index is 11.7. The lowest BCUT2D eigenvalue weighted by Crippen LogP contribution is -2.13. The van der Waals surface area contributed by atoms with Crippen LogP contribution in [0.1, 0.15) is 19.5 Å². The van der Waals surface area contributed by atoms with Crippen LogP contribution in [0.25, 0.3) is 0 Å². The van der Waals surface area contributed by atoms with Crippen LogP contribution in [0.2, 0.25) is 0 Å². The maximum absolute atomic E-state index is 11.7. The van der Waals surface area contributed by atoms with E-state index in [1.807, 2.05) is 26.2 Å². The minimum absolute atomic E-state index is 0.0669. The topological polar surface area (TPSA) is 77.0 Å². The molecule has 0 saturated carbocycles. The summed E-state index contributed by atoms with van der Waals surface area (Å²) in [5, 5.41) is 13.7. The molecule has 0 aliphatic carbocycles. The molecule has 2 aromatic heterocycles. The van der Waals surface area contributed by atoms with Gasteiger partial charge in [0.1, 0.15) is 0 Å². The second kappa shape index (κ2) is 7.00. The van der Waals surface area contributed by atoms with Crippen molar-refractivity contribution >= 4 is 45.5 Å². The zero-order valence-electron chi connectivity index (χ0n) is 11.2. The Morgan fingerprint density at radius 2 is 2.30 bits per heavy atom. The number of nitrogens with zero attached hydrogens (tertiary/aromatic N) is 3. The molecule has 108 valence electrons. The number of anilines is 1. The number of carbonyl (C=O) groups excluding carboxylic acids is 1. The molecule has 0 radical (unpaired) electrons. The number of hydrogen-bond donors (Lipinski definition) is 1. The van der Waals surface area contributed by atoms with Gasteiger partial charge in [-0.25, -0.2) is 4.98 Å². The van der Waals surface area contributed by atoms with Gasteiger partial charge in [-0.1, -0.05) is 16.9 Å². The summed E-state index contributed by atoms with van der Waals surface area (Å²) in [5.74, 6) is 0.167. The Hall–Kier alpha value is -1.19. The van der Waals surface area contributed by atoms with Gasteiger partial charge in [0, 0.05) is 5.38 Å². The molecule has 2 aromatic rings. The van der Waals surface area contributed by atoms with E-state index >= 15 is 0 Å². The Labute approximate surface area is 129 Å². The van der Waals surface area contributed by atoms with E-state index in [1.54, 1.807) is 0 Å². The third-order valence-electron chi connectivity index (χ3n) is 1.92. The fourth-order valence-electron chi connectivity index (χ4n) is 1.20. The number of aromatic nitrogens is 3. The Kier molecular flexibility index (Phi) is 5.32. The monoisotopic (exact) mass is 330 g/mol. The fraction of sp³-hybridized carbons (Fsp3) is 0.455. The molecule has 0 aliphatic rings. The molecule has 20 heavy (non-hydrogen) atoms. The van der Waals surface area contributed by atoms with Gasteiger partial charge < -0.3 is 10.1 Å². The van der Waals surface area contributed by atoms with E-state index in [0.717, 1.165) is 5.69 Å². The van der Waals surface area contributed by atoms with Crippen molar-refractivity contribution in [3.05, 3.63) is 11.1 Å². The van der Waals surface area contributed by atoms with Crippen molar-refractivity contribution in [3.8, 4) is 5.19 Å². The summed E-state index contributed by atoms with van der Waals surface area (Å²) < 4.78 is 6.14. The number of hydrogen-bond acceptors (Lipinski definition) is 8. The highest BCUT2D eigenvalue weighted by Gasteiger charge is 2.11. The summed E-state index contributed by atoms with van der Waals surface area (Å²) in [6.45, 7) is 5.74. The van der Waals surface area contributed by atoms with Crippen LogP contribution in [0.5, 0.6) is 5.19 Å². The molecule has 2 heterocycles. The second-order valence-corrected chi connectivity index (χ2v) is 7.15. The summed E-state index contributed by atoms with van der Waals surface area (Å²) in [5.41, 5.74) is 0.901. The Balaban J connectivity index is 1.79. The average molecular weight is 330 g/mol. The number of nitrogens with one attached hydrogen (secondary N) is 1. The lowest BCUT2D eigenvalue weighted by atomic mass is 10.5.